The van der Waals surface area contributed by atoms with E-state index in [-0.39, 0.29) is 5.91 Å². The molecule has 0 atom stereocenters. The molecule has 2 rings (SSSR count). The second kappa shape index (κ2) is 6.76. The first-order valence-corrected chi connectivity index (χ1v) is 6.53. The first-order valence-electron chi connectivity index (χ1n) is 6.15. The van der Waals surface area contributed by atoms with Crippen LogP contribution in [-0.4, -0.2) is 12.0 Å². The molecule has 0 radical (unpaired) electrons. The SMILES string of the molecule is CC(=O)Nc1ccc(OC(=O)Nc2cccc(Cl)c2)cc1. The van der Waals surface area contributed by atoms with E-state index in [4.69, 9.17) is 16.3 Å². The summed E-state index contributed by atoms with van der Waals surface area (Å²) < 4.78 is 5.11. The molecule has 21 heavy (non-hydrogen) atoms. The largest absolute Gasteiger partial charge is 0.417 e. The summed E-state index contributed by atoms with van der Waals surface area (Å²) in [5, 5.41) is 5.71. The zero-order chi connectivity index (χ0) is 15.2. The number of ether oxygens (including phenoxy) is 1. The van der Waals surface area contributed by atoms with Crippen LogP contribution in [0.3, 0.4) is 0 Å². The van der Waals surface area contributed by atoms with Gasteiger partial charge in [0.1, 0.15) is 5.75 Å². The smallest absolute Gasteiger partial charge is 0.410 e. The number of nitrogens with one attached hydrogen (secondary N) is 2. The van der Waals surface area contributed by atoms with E-state index in [1.54, 1.807) is 48.5 Å². The van der Waals surface area contributed by atoms with Crippen molar-refractivity contribution in [2.24, 2.45) is 0 Å². The predicted octanol–water partition coefficient (Wildman–Crippen LogP) is 3.91. The molecule has 2 amide bonds. The zero-order valence-corrected chi connectivity index (χ0v) is 12.0. The number of carbonyl (C=O) groups excluding carboxylic acids is 2. The highest BCUT2D eigenvalue weighted by atomic mass is 35.5. The quantitative estimate of drug-likeness (QED) is 0.903. The number of amides is 2. The number of anilines is 2. The molecule has 0 unspecified atom stereocenters. The minimum Gasteiger partial charge on any atom is -0.410 e. The van der Waals surface area contributed by atoms with Crippen LogP contribution in [0.4, 0.5) is 16.2 Å². The van der Waals surface area contributed by atoms with Crippen LogP contribution in [0.5, 0.6) is 5.75 Å². The van der Waals surface area contributed by atoms with Crippen LogP contribution in [0.25, 0.3) is 0 Å². The molecular weight excluding hydrogens is 292 g/mol. The highest BCUT2D eigenvalue weighted by molar-refractivity contribution is 6.30. The topological polar surface area (TPSA) is 67.4 Å². The van der Waals surface area contributed by atoms with Crippen LogP contribution in [0.2, 0.25) is 5.02 Å². The molecule has 0 saturated carbocycles. The van der Waals surface area contributed by atoms with E-state index < -0.39 is 6.09 Å². The minimum atomic E-state index is -0.621. The summed E-state index contributed by atoms with van der Waals surface area (Å²) in [7, 11) is 0. The monoisotopic (exact) mass is 304 g/mol. The van der Waals surface area contributed by atoms with Gasteiger partial charge in [-0.1, -0.05) is 17.7 Å². The van der Waals surface area contributed by atoms with Gasteiger partial charge in [0.2, 0.25) is 5.91 Å². The molecule has 108 valence electrons. The molecule has 2 N–H and O–H groups in total. The summed E-state index contributed by atoms with van der Waals surface area (Å²) in [6.45, 7) is 1.42. The van der Waals surface area contributed by atoms with Gasteiger partial charge in [0.15, 0.2) is 0 Å². The number of hydrogen-bond acceptors (Lipinski definition) is 3. The van der Waals surface area contributed by atoms with Crippen molar-refractivity contribution < 1.29 is 14.3 Å². The van der Waals surface area contributed by atoms with E-state index in [1.165, 1.54) is 6.92 Å². The van der Waals surface area contributed by atoms with Crippen LogP contribution >= 0.6 is 11.6 Å². The summed E-state index contributed by atoms with van der Waals surface area (Å²) >= 11 is 5.82. The summed E-state index contributed by atoms with van der Waals surface area (Å²) in [4.78, 5) is 22.6. The zero-order valence-electron chi connectivity index (χ0n) is 11.2. The highest BCUT2D eigenvalue weighted by Crippen LogP contribution is 2.18. The average Bonchev–Trinajstić information content (AvgIpc) is 2.40. The fourth-order valence-corrected chi connectivity index (χ4v) is 1.82. The maximum Gasteiger partial charge on any atom is 0.417 e. The van der Waals surface area contributed by atoms with E-state index >= 15 is 0 Å². The molecule has 0 saturated heterocycles. The van der Waals surface area contributed by atoms with Gasteiger partial charge in [0.05, 0.1) is 0 Å². The van der Waals surface area contributed by atoms with Gasteiger partial charge in [-0.3, -0.25) is 10.1 Å². The number of hydrogen-bond donors (Lipinski definition) is 2. The Kier molecular flexibility index (Phi) is 4.79. The molecule has 0 bridgehead atoms. The molecule has 2 aromatic carbocycles. The first kappa shape index (κ1) is 14.9. The average molecular weight is 305 g/mol. The fraction of sp³-hybridized carbons (Fsp3) is 0.0667. The molecule has 5 nitrogen and oxygen atoms in total. The molecule has 2 aromatic rings. The van der Waals surface area contributed by atoms with Gasteiger partial charge in [0.25, 0.3) is 0 Å². The third-order valence-corrected chi connectivity index (χ3v) is 2.69. The van der Waals surface area contributed by atoms with Crippen molar-refractivity contribution in [1.29, 1.82) is 0 Å². The summed E-state index contributed by atoms with van der Waals surface area (Å²) in [6.07, 6.45) is -0.621. The highest BCUT2D eigenvalue weighted by Gasteiger charge is 2.05. The van der Waals surface area contributed by atoms with E-state index in [0.717, 1.165) is 0 Å². The van der Waals surface area contributed by atoms with Gasteiger partial charge in [-0.25, -0.2) is 4.79 Å². The Bertz CT molecular complexity index is 656. The van der Waals surface area contributed by atoms with E-state index in [9.17, 15) is 9.59 Å². The standard InChI is InChI=1S/C15H13ClN2O3/c1-10(19)17-12-5-7-14(8-6-12)21-15(20)18-13-4-2-3-11(16)9-13/h2-9H,1H3,(H,17,19)(H,18,20). The van der Waals surface area contributed by atoms with E-state index in [0.29, 0.717) is 22.1 Å². The molecule has 0 aliphatic rings. The maximum absolute atomic E-state index is 11.7. The molecule has 0 aromatic heterocycles. The molecule has 0 aliphatic heterocycles. The van der Waals surface area contributed by atoms with Gasteiger partial charge in [-0.2, -0.15) is 0 Å². The van der Waals surface area contributed by atoms with Crippen LogP contribution in [0.1, 0.15) is 6.92 Å². The predicted molar refractivity (Wildman–Crippen MR) is 81.8 cm³/mol. The normalized spacial score (nSPS) is 9.81. The van der Waals surface area contributed by atoms with Crippen molar-refractivity contribution in [3.05, 3.63) is 53.6 Å². The second-order valence-electron chi connectivity index (χ2n) is 4.23. The Morgan fingerprint density at radius 3 is 2.33 bits per heavy atom. The summed E-state index contributed by atoms with van der Waals surface area (Å²) in [5.41, 5.74) is 1.17. The molecule has 6 heteroatoms. The van der Waals surface area contributed by atoms with Gasteiger partial charge in [0, 0.05) is 23.3 Å². The van der Waals surface area contributed by atoms with Gasteiger partial charge >= 0.3 is 6.09 Å². The summed E-state index contributed by atoms with van der Waals surface area (Å²) in [5.74, 6) is 0.200. The summed E-state index contributed by atoms with van der Waals surface area (Å²) in [6, 6.07) is 13.2. The third-order valence-electron chi connectivity index (χ3n) is 2.46. The number of carbonyl (C=O) groups is 2. The minimum absolute atomic E-state index is 0.164. The Balaban J connectivity index is 1.95. The number of rotatable bonds is 3. The van der Waals surface area contributed by atoms with Gasteiger partial charge in [-0.15, -0.1) is 0 Å². The Morgan fingerprint density at radius 2 is 1.71 bits per heavy atom. The Morgan fingerprint density at radius 1 is 1.00 bits per heavy atom. The third kappa shape index (κ3) is 4.81. The van der Waals surface area contributed by atoms with Crippen LogP contribution in [0.15, 0.2) is 48.5 Å². The molecule has 0 fully saturated rings. The first-order chi connectivity index (χ1) is 10.0. The maximum atomic E-state index is 11.7. The van der Waals surface area contributed by atoms with Crippen LogP contribution in [0, 0.1) is 0 Å². The lowest BCUT2D eigenvalue weighted by Gasteiger charge is -2.08. The molecule has 0 heterocycles. The Hall–Kier alpha value is -2.53. The lowest BCUT2D eigenvalue weighted by molar-refractivity contribution is -0.114. The second-order valence-corrected chi connectivity index (χ2v) is 4.67. The van der Waals surface area contributed by atoms with Crippen LogP contribution < -0.4 is 15.4 Å². The lowest BCUT2D eigenvalue weighted by Crippen LogP contribution is -2.16. The van der Waals surface area contributed by atoms with E-state index in [2.05, 4.69) is 10.6 Å². The fourth-order valence-electron chi connectivity index (χ4n) is 1.63. The molecule has 0 aliphatic carbocycles. The van der Waals surface area contributed by atoms with E-state index in [1.807, 2.05) is 0 Å². The lowest BCUT2D eigenvalue weighted by atomic mass is 10.3. The van der Waals surface area contributed by atoms with Crippen molar-refractivity contribution in [3.8, 4) is 5.75 Å². The Labute approximate surface area is 126 Å². The molecule has 0 spiro atoms. The van der Waals surface area contributed by atoms with Crippen molar-refractivity contribution in [2.75, 3.05) is 10.6 Å². The number of halogens is 1. The van der Waals surface area contributed by atoms with Crippen molar-refractivity contribution in [3.63, 3.8) is 0 Å². The van der Waals surface area contributed by atoms with Crippen molar-refractivity contribution in [1.82, 2.24) is 0 Å². The van der Waals surface area contributed by atoms with Gasteiger partial charge < -0.3 is 10.1 Å². The van der Waals surface area contributed by atoms with Gasteiger partial charge in [-0.05, 0) is 42.5 Å². The van der Waals surface area contributed by atoms with Crippen LogP contribution in [-0.2, 0) is 4.79 Å². The van der Waals surface area contributed by atoms with Crippen molar-refractivity contribution >= 4 is 35.0 Å². The van der Waals surface area contributed by atoms with Crippen molar-refractivity contribution in [2.45, 2.75) is 6.92 Å². The molecular formula is C15H13ClN2O3. The number of benzene rings is 2.